The van der Waals surface area contributed by atoms with Gasteiger partial charge in [-0.3, -0.25) is 4.79 Å². The van der Waals surface area contributed by atoms with Crippen molar-refractivity contribution >= 4 is 11.5 Å². The minimum absolute atomic E-state index is 0.198. The zero-order chi connectivity index (χ0) is 25.2. The number of aliphatic carboxylic acids is 1. The third-order valence-corrected chi connectivity index (χ3v) is 5.43. The number of carboxylic acids is 1. The van der Waals surface area contributed by atoms with E-state index in [1.54, 1.807) is 14.2 Å². The lowest BCUT2D eigenvalue weighted by Gasteiger charge is -2.14. The molecule has 0 aliphatic rings. The summed E-state index contributed by atoms with van der Waals surface area (Å²) in [5, 5.41) is 13.8. The number of ether oxygens (including phenoxy) is 3. The number of benzene rings is 2. The Morgan fingerprint density at radius 3 is 2.14 bits per heavy atom. The maximum Gasteiger partial charge on any atom is 0.328 e. The number of hydrogen-bond donors (Lipinski definition) is 1. The van der Waals surface area contributed by atoms with E-state index in [1.807, 2.05) is 55.5 Å². The van der Waals surface area contributed by atoms with E-state index < -0.39 is 5.97 Å². The normalized spacial score (nSPS) is 11.2. The second kappa shape index (κ2) is 12.4. The van der Waals surface area contributed by atoms with Crippen LogP contribution in [0, 0.1) is 0 Å². The van der Waals surface area contributed by atoms with Gasteiger partial charge in [0.25, 0.3) is 5.56 Å². The average molecular weight is 479 g/mol. The van der Waals surface area contributed by atoms with Gasteiger partial charge in [-0.05, 0) is 53.8 Å². The Balaban J connectivity index is 1.98. The van der Waals surface area contributed by atoms with E-state index in [2.05, 4.69) is 5.10 Å². The van der Waals surface area contributed by atoms with Crippen molar-refractivity contribution in [2.45, 2.75) is 39.3 Å². The molecule has 35 heavy (non-hydrogen) atoms. The first kappa shape index (κ1) is 25.6. The smallest absolute Gasteiger partial charge is 0.328 e. The number of carbonyl (C=O) groups is 1. The summed E-state index contributed by atoms with van der Waals surface area (Å²) in [5.74, 6) is 0.575. The molecule has 0 saturated carbocycles. The first-order valence-corrected chi connectivity index (χ1v) is 11.4. The lowest BCUT2D eigenvalue weighted by Crippen LogP contribution is -2.27. The summed E-state index contributed by atoms with van der Waals surface area (Å²) in [4.78, 5) is 24.8. The van der Waals surface area contributed by atoms with E-state index in [0.29, 0.717) is 17.7 Å². The van der Waals surface area contributed by atoms with Crippen LogP contribution in [0.2, 0.25) is 0 Å². The summed E-state index contributed by atoms with van der Waals surface area (Å²) in [7, 11) is 3.19. The van der Waals surface area contributed by atoms with Crippen LogP contribution in [0.15, 0.2) is 65.5 Å². The number of rotatable bonds is 12. The molecule has 8 heteroatoms. The summed E-state index contributed by atoms with van der Waals surface area (Å²) in [6.45, 7) is 2.43. The van der Waals surface area contributed by atoms with Gasteiger partial charge in [0, 0.05) is 12.1 Å². The number of allylic oxidation sites excluding steroid dienone is 1. The number of unbranched alkanes of at least 4 members (excludes halogenated alkanes) is 1. The molecule has 0 amide bonds. The quantitative estimate of drug-likeness (QED) is 0.381. The predicted molar refractivity (Wildman–Crippen MR) is 133 cm³/mol. The molecule has 8 nitrogen and oxygen atoms in total. The molecule has 3 aromatic rings. The first-order valence-electron chi connectivity index (χ1n) is 11.4. The number of aromatic nitrogens is 2. The van der Waals surface area contributed by atoms with Gasteiger partial charge in [0.05, 0.1) is 26.3 Å². The Labute approximate surface area is 204 Å². The van der Waals surface area contributed by atoms with Crippen LogP contribution in [0.3, 0.4) is 0 Å². The van der Waals surface area contributed by atoms with Crippen LogP contribution in [0.25, 0.3) is 5.57 Å². The Bertz CT molecular complexity index is 1210. The van der Waals surface area contributed by atoms with Crippen LogP contribution in [-0.2, 0) is 17.9 Å². The van der Waals surface area contributed by atoms with Crippen LogP contribution in [0.5, 0.6) is 17.4 Å². The van der Waals surface area contributed by atoms with Crippen LogP contribution in [0.4, 0.5) is 0 Å². The van der Waals surface area contributed by atoms with Crippen LogP contribution in [-0.4, -0.2) is 35.1 Å². The van der Waals surface area contributed by atoms with Crippen LogP contribution in [0.1, 0.15) is 42.9 Å². The van der Waals surface area contributed by atoms with Crippen molar-refractivity contribution in [3.63, 3.8) is 0 Å². The summed E-state index contributed by atoms with van der Waals surface area (Å²) >= 11 is 0. The van der Waals surface area contributed by atoms with Gasteiger partial charge in [-0.1, -0.05) is 37.6 Å². The second-order valence-corrected chi connectivity index (χ2v) is 7.96. The van der Waals surface area contributed by atoms with E-state index >= 15 is 0 Å². The lowest BCUT2D eigenvalue weighted by molar-refractivity contribution is -0.131. The molecule has 0 fully saturated rings. The summed E-state index contributed by atoms with van der Waals surface area (Å²) in [6, 6.07) is 16.3. The minimum Gasteiger partial charge on any atom is -0.497 e. The number of nitrogens with zero attached hydrogens (tertiary/aromatic N) is 2. The van der Waals surface area contributed by atoms with Gasteiger partial charge in [0.2, 0.25) is 5.88 Å². The molecule has 1 N–H and O–H groups in total. The van der Waals surface area contributed by atoms with E-state index in [1.165, 1.54) is 10.7 Å². The molecule has 3 rings (SSSR count). The molecule has 0 radical (unpaired) electrons. The highest BCUT2D eigenvalue weighted by Gasteiger charge is 2.15. The molecule has 0 bridgehead atoms. The molecule has 0 atom stereocenters. The number of carboxylic acid groups (broad SMARTS) is 1. The third kappa shape index (κ3) is 7.20. The van der Waals surface area contributed by atoms with Gasteiger partial charge >= 0.3 is 5.97 Å². The monoisotopic (exact) mass is 478 g/mol. The maximum absolute atomic E-state index is 13.4. The second-order valence-electron chi connectivity index (χ2n) is 7.96. The van der Waals surface area contributed by atoms with E-state index in [-0.39, 0.29) is 30.2 Å². The topological polar surface area (TPSA) is 99.9 Å². The Morgan fingerprint density at radius 2 is 1.60 bits per heavy atom. The van der Waals surface area contributed by atoms with Gasteiger partial charge < -0.3 is 19.3 Å². The third-order valence-electron chi connectivity index (χ3n) is 5.43. The fraction of sp³-hybridized carbons (Fsp3) is 0.296. The maximum atomic E-state index is 13.4. The van der Waals surface area contributed by atoms with Gasteiger partial charge in [0.15, 0.2) is 0 Å². The van der Waals surface area contributed by atoms with Crippen LogP contribution < -0.4 is 19.8 Å². The molecule has 0 aliphatic carbocycles. The Kier molecular flexibility index (Phi) is 9.06. The van der Waals surface area contributed by atoms with E-state index in [9.17, 15) is 14.7 Å². The highest BCUT2D eigenvalue weighted by molar-refractivity contribution is 5.90. The SMILES string of the molecule is CCCC/C(=C\C(=O)O)c1cc(OCc2ccc(OC)cc2)nn(Cc2ccc(OC)cc2)c1=O. The van der Waals surface area contributed by atoms with Gasteiger partial charge in [0.1, 0.15) is 18.1 Å². The molecule has 0 unspecified atom stereocenters. The highest BCUT2D eigenvalue weighted by atomic mass is 16.5. The molecule has 0 spiro atoms. The number of hydrogen-bond acceptors (Lipinski definition) is 6. The van der Waals surface area contributed by atoms with E-state index in [4.69, 9.17) is 14.2 Å². The summed E-state index contributed by atoms with van der Waals surface area (Å²) < 4.78 is 17.6. The molecule has 2 aromatic carbocycles. The van der Waals surface area contributed by atoms with Crippen molar-refractivity contribution in [3.05, 3.63) is 87.7 Å². The average Bonchev–Trinajstić information content (AvgIpc) is 2.87. The highest BCUT2D eigenvalue weighted by Crippen LogP contribution is 2.22. The lowest BCUT2D eigenvalue weighted by atomic mass is 10.0. The first-order chi connectivity index (χ1) is 16.9. The molecule has 0 saturated heterocycles. The molecular weight excluding hydrogens is 448 g/mol. The zero-order valence-electron chi connectivity index (χ0n) is 20.2. The van der Waals surface area contributed by atoms with Crippen molar-refractivity contribution in [1.29, 1.82) is 0 Å². The zero-order valence-corrected chi connectivity index (χ0v) is 20.2. The van der Waals surface area contributed by atoms with Crippen molar-refractivity contribution in [3.8, 4) is 17.4 Å². The fourth-order valence-electron chi connectivity index (χ4n) is 3.51. The molecule has 184 valence electrons. The van der Waals surface area contributed by atoms with Crippen molar-refractivity contribution in [2.24, 2.45) is 0 Å². The Morgan fingerprint density at radius 1 is 1.00 bits per heavy atom. The van der Waals surface area contributed by atoms with Crippen molar-refractivity contribution < 1.29 is 24.1 Å². The standard InChI is InChI=1S/C27H30N2O6/c1-4-5-6-21(15-26(30)31)24-16-25(35-18-20-9-13-23(34-3)14-10-20)28-29(27(24)32)17-19-7-11-22(33-2)12-8-19/h7-16H,4-6,17-18H2,1-3H3,(H,30,31)/b21-15+. The van der Waals surface area contributed by atoms with Gasteiger partial charge in [-0.2, -0.15) is 0 Å². The summed E-state index contributed by atoms with van der Waals surface area (Å²) in [5.41, 5.74) is 2.09. The summed E-state index contributed by atoms with van der Waals surface area (Å²) in [6.07, 6.45) is 3.17. The molecule has 1 heterocycles. The van der Waals surface area contributed by atoms with Crippen molar-refractivity contribution in [2.75, 3.05) is 14.2 Å². The molecular formula is C27H30N2O6. The van der Waals surface area contributed by atoms with E-state index in [0.717, 1.165) is 35.8 Å². The largest absolute Gasteiger partial charge is 0.497 e. The predicted octanol–water partition coefficient (Wildman–Crippen LogP) is 4.55. The van der Waals surface area contributed by atoms with Crippen molar-refractivity contribution in [1.82, 2.24) is 9.78 Å². The Hall–Kier alpha value is -4.07. The molecule has 1 aromatic heterocycles. The minimum atomic E-state index is -1.10. The van der Waals surface area contributed by atoms with Gasteiger partial charge in [-0.15, -0.1) is 5.10 Å². The fourth-order valence-corrected chi connectivity index (χ4v) is 3.51. The molecule has 0 aliphatic heterocycles. The number of methoxy groups -OCH3 is 2. The van der Waals surface area contributed by atoms with Crippen LogP contribution >= 0.6 is 0 Å². The van der Waals surface area contributed by atoms with Gasteiger partial charge in [-0.25, -0.2) is 9.48 Å².